The summed E-state index contributed by atoms with van der Waals surface area (Å²) < 4.78 is 5.72. The van der Waals surface area contributed by atoms with E-state index in [0.717, 1.165) is 19.4 Å². The molecule has 1 aliphatic heterocycles. The van der Waals surface area contributed by atoms with Crippen LogP contribution in [0.3, 0.4) is 0 Å². The predicted octanol–water partition coefficient (Wildman–Crippen LogP) is 1.05. The van der Waals surface area contributed by atoms with E-state index < -0.39 is 5.41 Å². The van der Waals surface area contributed by atoms with Gasteiger partial charge in [-0.1, -0.05) is 6.92 Å². The molecule has 17 heavy (non-hydrogen) atoms. The van der Waals surface area contributed by atoms with Crippen molar-refractivity contribution in [3.63, 3.8) is 0 Å². The highest BCUT2D eigenvalue weighted by atomic mass is 16.5. The third-order valence-corrected chi connectivity index (χ3v) is 4.32. The van der Waals surface area contributed by atoms with Crippen molar-refractivity contribution in [2.24, 2.45) is 17.1 Å². The standard InChI is InChI=1S/C13H24N2O2/c1-3-13(2,8-14)12(16)15-10-6-7-17-11(10)9-4-5-9/h9-11H,3-8,14H2,1-2H3,(H,15,16). The van der Waals surface area contributed by atoms with Crippen LogP contribution in [0.15, 0.2) is 0 Å². The molecule has 1 amide bonds. The van der Waals surface area contributed by atoms with Crippen molar-refractivity contribution in [3.8, 4) is 0 Å². The second kappa shape index (κ2) is 4.94. The fourth-order valence-electron chi connectivity index (χ4n) is 2.40. The average molecular weight is 240 g/mol. The van der Waals surface area contributed by atoms with E-state index in [9.17, 15) is 4.79 Å². The van der Waals surface area contributed by atoms with E-state index in [1.54, 1.807) is 0 Å². The van der Waals surface area contributed by atoms with E-state index in [2.05, 4.69) is 5.32 Å². The first-order valence-electron chi connectivity index (χ1n) is 6.73. The lowest BCUT2D eigenvalue weighted by Crippen LogP contribution is -2.50. The molecule has 4 heteroatoms. The van der Waals surface area contributed by atoms with Gasteiger partial charge in [0.25, 0.3) is 0 Å². The monoisotopic (exact) mass is 240 g/mol. The third-order valence-electron chi connectivity index (χ3n) is 4.32. The van der Waals surface area contributed by atoms with Gasteiger partial charge in [-0.3, -0.25) is 4.79 Å². The number of nitrogens with two attached hydrogens (primary N) is 1. The Morgan fingerprint density at radius 2 is 2.18 bits per heavy atom. The molecular weight excluding hydrogens is 216 g/mol. The maximum Gasteiger partial charge on any atom is 0.227 e. The molecule has 4 nitrogen and oxygen atoms in total. The van der Waals surface area contributed by atoms with Gasteiger partial charge in [-0.15, -0.1) is 0 Å². The Morgan fingerprint density at radius 1 is 1.47 bits per heavy atom. The van der Waals surface area contributed by atoms with Crippen LogP contribution >= 0.6 is 0 Å². The molecular formula is C13H24N2O2. The molecule has 0 bridgehead atoms. The molecule has 3 N–H and O–H groups in total. The molecule has 3 atom stereocenters. The van der Waals surface area contributed by atoms with Gasteiger partial charge < -0.3 is 15.8 Å². The van der Waals surface area contributed by atoms with Crippen LogP contribution in [0.25, 0.3) is 0 Å². The van der Waals surface area contributed by atoms with Crippen molar-refractivity contribution in [1.29, 1.82) is 0 Å². The average Bonchev–Trinajstić information content (AvgIpc) is 3.09. The molecule has 2 fully saturated rings. The van der Waals surface area contributed by atoms with Gasteiger partial charge in [0.1, 0.15) is 0 Å². The number of amides is 1. The fourth-order valence-corrected chi connectivity index (χ4v) is 2.40. The Kier molecular flexibility index (Phi) is 3.73. The zero-order valence-corrected chi connectivity index (χ0v) is 10.9. The van der Waals surface area contributed by atoms with E-state index in [1.807, 2.05) is 13.8 Å². The van der Waals surface area contributed by atoms with E-state index in [-0.39, 0.29) is 18.1 Å². The second-order valence-electron chi connectivity index (χ2n) is 5.66. The highest BCUT2D eigenvalue weighted by Crippen LogP contribution is 2.39. The normalized spacial score (nSPS) is 32.2. The maximum absolute atomic E-state index is 12.2. The summed E-state index contributed by atoms with van der Waals surface area (Å²) in [4.78, 5) is 12.2. The largest absolute Gasteiger partial charge is 0.376 e. The lowest BCUT2D eigenvalue weighted by molar-refractivity contribution is -0.131. The van der Waals surface area contributed by atoms with E-state index in [1.165, 1.54) is 12.8 Å². The first-order chi connectivity index (χ1) is 8.10. The molecule has 3 unspecified atom stereocenters. The van der Waals surface area contributed by atoms with Gasteiger partial charge in [0.05, 0.1) is 17.6 Å². The van der Waals surface area contributed by atoms with Crippen molar-refractivity contribution in [1.82, 2.24) is 5.32 Å². The zero-order valence-electron chi connectivity index (χ0n) is 10.9. The van der Waals surface area contributed by atoms with Crippen molar-refractivity contribution in [2.45, 2.75) is 51.7 Å². The van der Waals surface area contributed by atoms with Gasteiger partial charge in [-0.25, -0.2) is 0 Å². The molecule has 2 aliphatic rings. The minimum absolute atomic E-state index is 0.0867. The van der Waals surface area contributed by atoms with Crippen LogP contribution in [0.5, 0.6) is 0 Å². The molecule has 0 aromatic carbocycles. The SMILES string of the molecule is CCC(C)(CN)C(=O)NC1CCOC1C1CC1. The minimum Gasteiger partial charge on any atom is -0.376 e. The van der Waals surface area contributed by atoms with Crippen LogP contribution in [-0.4, -0.2) is 31.2 Å². The molecule has 1 saturated heterocycles. The summed E-state index contributed by atoms with van der Waals surface area (Å²) in [5.41, 5.74) is 5.27. The second-order valence-corrected chi connectivity index (χ2v) is 5.66. The van der Waals surface area contributed by atoms with Crippen LogP contribution in [0.1, 0.15) is 39.5 Å². The van der Waals surface area contributed by atoms with Gasteiger partial charge in [0, 0.05) is 13.2 Å². The summed E-state index contributed by atoms with van der Waals surface area (Å²) >= 11 is 0. The topological polar surface area (TPSA) is 64.4 Å². The zero-order chi connectivity index (χ0) is 12.5. The van der Waals surface area contributed by atoms with Crippen molar-refractivity contribution in [3.05, 3.63) is 0 Å². The summed E-state index contributed by atoms with van der Waals surface area (Å²) in [7, 11) is 0. The predicted molar refractivity (Wildman–Crippen MR) is 66.5 cm³/mol. The lowest BCUT2D eigenvalue weighted by Gasteiger charge is -2.28. The fraction of sp³-hybridized carbons (Fsp3) is 0.923. The first kappa shape index (κ1) is 12.8. The van der Waals surface area contributed by atoms with Crippen LogP contribution in [0.4, 0.5) is 0 Å². The van der Waals surface area contributed by atoms with Crippen LogP contribution < -0.4 is 11.1 Å². The van der Waals surface area contributed by atoms with Crippen LogP contribution in [0, 0.1) is 11.3 Å². The number of hydrogen-bond acceptors (Lipinski definition) is 3. The molecule has 98 valence electrons. The maximum atomic E-state index is 12.2. The molecule has 0 aromatic rings. The molecule has 1 heterocycles. The Balaban J connectivity index is 1.93. The molecule has 1 saturated carbocycles. The Morgan fingerprint density at radius 3 is 2.71 bits per heavy atom. The van der Waals surface area contributed by atoms with Gasteiger partial charge in [0.2, 0.25) is 5.91 Å². The summed E-state index contributed by atoms with van der Waals surface area (Å²) in [5.74, 6) is 0.761. The smallest absolute Gasteiger partial charge is 0.227 e. The summed E-state index contributed by atoms with van der Waals surface area (Å²) in [6, 6.07) is 0.201. The third kappa shape index (κ3) is 2.63. The molecule has 2 rings (SSSR count). The summed E-state index contributed by atoms with van der Waals surface area (Å²) in [5, 5.41) is 3.15. The number of nitrogens with one attached hydrogen (secondary N) is 1. The van der Waals surface area contributed by atoms with Gasteiger partial charge >= 0.3 is 0 Å². The minimum atomic E-state index is -0.434. The van der Waals surface area contributed by atoms with Crippen molar-refractivity contribution >= 4 is 5.91 Å². The van der Waals surface area contributed by atoms with Crippen molar-refractivity contribution in [2.75, 3.05) is 13.2 Å². The Hall–Kier alpha value is -0.610. The van der Waals surface area contributed by atoms with Crippen LogP contribution in [-0.2, 0) is 9.53 Å². The van der Waals surface area contributed by atoms with E-state index >= 15 is 0 Å². The van der Waals surface area contributed by atoms with Crippen LogP contribution in [0.2, 0.25) is 0 Å². The number of carbonyl (C=O) groups excluding carboxylic acids is 1. The number of carbonyl (C=O) groups is 1. The quantitative estimate of drug-likeness (QED) is 0.755. The van der Waals surface area contributed by atoms with Gasteiger partial charge in [0.15, 0.2) is 0 Å². The first-order valence-corrected chi connectivity index (χ1v) is 6.73. The van der Waals surface area contributed by atoms with E-state index in [0.29, 0.717) is 12.5 Å². The Labute approximate surface area is 103 Å². The van der Waals surface area contributed by atoms with Gasteiger partial charge in [-0.2, -0.15) is 0 Å². The van der Waals surface area contributed by atoms with E-state index in [4.69, 9.17) is 10.5 Å². The lowest BCUT2D eigenvalue weighted by atomic mass is 9.86. The molecule has 1 aliphatic carbocycles. The highest BCUT2D eigenvalue weighted by Gasteiger charge is 2.42. The summed E-state index contributed by atoms with van der Waals surface area (Å²) in [6.07, 6.45) is 4.46. The number of hydrogen-bond donors (Lipinski definition) is 2. The van der Waals surface area contributed by atoms with Gasteiger partial charge in [-0.05, 0) is 38.5 Å². The van der Waals surface area contributed by atoms with Crippen molar-refractivity contribution < 1.29 is 9.53 Å². The molecule has 0 aromatic heterocycles. The number of ether oxygens (including phenoxy) is 1. The summed E-state index contributed by atoms with van der Waals surface area (Å²) in [6.45, 7) is 5.12. The highest BCUT2D eigenvalue weighted by molar-refractivity contribution is 5.82. The molecule has 0 radical (unpaired) electrons. The molecule has 0 spiro atoms. The Bertz CT molecular complexity index is 285. The number of rotatable bonds is 5.